The number of hydrogen-bond acceptors (Lipinski definition) is 4. The second-order valence-electron chi connectivity index (χ2n) is 14.4. The van der Waals surface area contributed by atoms with Crippen LogP contribution >= 0.6 is 0 Å². The lowest BCUT2D eigenvalue weighted by atomic mass is 9.37. The lowest BCUT2D eigenvalue weighted by Gasteiger charge is -2.36. The van der Waals surface area contributed by atoms with Crippen LogP contribution in [0, 0.1) is 0 Å². The van der Waals surface area contributed by atoms with Gasteiger partial charge in [0.15, 0.2) is 0 Å². The minimum absolute atomic E-state index is 0.0629. The van der Waals surface area contributed by atoms with Crippen molar-refractivity contribution in [2.75, 3.05) is 4.90 Å². The fraction of sp³-hybridized carbons (Fsp3) is 0. The zero-order chi connectivity index (χ0) is 34.4. The van der Waals surface area contributed by atoms with Gasteiger partial charge in [-0.25, -0.2) is 0 Å². The van der Waals surface area contributed by atoms with E-state index in [1.165, 1.54) is 38.8 Å². The van der Waals surface area contributed by atoms with Gasteiger partial charge >= 0.3 is 0 Å². The molecule has 0 amide bonds. The van der Waals surface area contributed by atoms with Crippen molar-refractivity contribution in [1.29, 1.82) is 0 Å². The minimum atomic E-state index is 0.0629. The van der Waals surface area contributed by atoms with Gasteiger partial charge in [0.05, 0.1) is 0 Å². The molecule has 0 radical (unpaired) electrons. The summed E-state index contributed by atoms with van der Waals surface area (Å²) in [5.41, 5.74) is 17.6. The Kier molecular flexibility index (Phi) is 5.16. The van der Waals surface area contributed by atoms with Gasteiger partial charge in [0.25, 0.3) is 0 Å². The number of benzene rings is 8. The van der Waals surface area contributed by atoms with Gasteiger partial charge in [-0.05, 0) is 106 Å². The zero-order valence-corrected chi connectivity index (χ0v) is 28.3. The zero-order valence-electron chi connectivity index (χ0n) is 28.3. The summed E-state index contributed by atoms with van der Waals surface area (Å²) in [6.07, 6.45) is 0. The first-order valence-corrected chi connectivity index (χ1v) is 18.1. The second-order valence-corrected chi connectivity index (χ2v) is 14.4. The van der Waals surface area contributed by atoms with E-state index in [9.17, 15) is 0 Å². The summed E-state index contributed by atoms with van der Waals surface area (Å²) in [6.45, 7) is 0.0629. The summed E-state index contributed by atoms with van der Waals surface area (Å²) in [6, 6.07) is 56.6. The third-order valence-electron chi connectivity index (χ3n) is 11.7. The molecule has 0 saturated carbocycles. The van der Waals surface area contributed by atoms with E-state index < -0.39 is 0 Å². The van der Waals surface area contributed by atoms with Crippen LogP contribution in [-0.4, -0.2) is 6.71 Å². The van der Waals surface area contributed by atoms with E-state index in [0.29, 0.717) is 0 Å². The third kappa shape index (κ3) is 3.65. The molecule has 0 unspecified atom stereocenters. The van der Waals surface area contributed by atoms with Crippen LogP contribution in [0.15, 0.2) is 171 Å². The Hall–Kier alpha value is -6.98. The molecule has 8 aromatic carbocycles. The van der Waals surface area contributed by atoms with Crippen LogP contribution in [0.4, 0.5) is 17.1 Å². The quantitative estimate of drug-likeness (QED) is 0.171. The van der Waals surface area contributed by atoms with Gasteiger partial charge in [0, 0.05) is 49.4 Å². The Morgan fingerprint density at radius 3 is 1.68 bits per heavy atom. The van der Waals surface area contributed by atoms with Crippen LogP contribution in [0.3, 0.4) is 0 Å². The predicted molar refractivity (Wildman–Crippen MR) is 218 cm³/mol. The van der Waals surface area contributed by atoms with E-state index in [1.54, 1.807) is 0 Å². The van der Waals surface area contributed by atoms with E-state index in [0.717, 1.165) is 82.8 Å². The molecule has 0 spiro atoms. The summed E-state index contributed by atoms with van der Waals surface area (Å²) in [5.74, 6) is 0. The number of anilines is 3. The molecule has 3 aromatic heterocycles. The minimum Gasteiger partial charge on any atom is -0.456 e. The highest BCUT2D eigenvalue weighted by Crippen LogP contribution is 2.46. The molecule has 0 saturated heterocycles. The molecule has 244 valence electrons. The molecule has 0 N–H and O–H groups in total. The van der Waals surface area contributed by atoms with Gasteiger partial charge in [-0.1, -0.05) is 90.4 Å². The first kappa shape index (κ1) is 27.7. The lowest BCUT2D eigenvalue weighted by Crippen LogP contribution is -2.54. The van der Waals surface area contributed by atoms with Crippen molar-refractivity contribution in [2.45, 2.75) is 0 Å². The average Bonchev–Trinajstić information content (AvgIpc) is 3.96. The average molecular weight is 676 g/mol. The van der Waals surface area contributed by atoms with Gasteiger partial charge in [-0.2, -0.15) is 0 Å². The first-order chi connectivity index (χ1) is 26.2. The molecule has 0 fully saturated rings. The Labute approximate surface area is 303 Å². The number of furan rings is 3. The van der Waals surface area contributed by atoms with Gasteiger partial charge in [0.2, 0.25) is 6.71 Å². The SMILES string of the molecule is c1ccc2c(c1)B1c3cc4oc5ccccc5c4cc3N(c3ccc4oc5ccccc5c4c3)c3cc(-c4ccc5oc6ccccc6c5c4)cc-2c31. The highest BCUT2D eigenvalue weighted by Gasteiger charge is 2.43. The molecular formula is C48H26BNO3. The van der Waals surface area contributed by atoms with Crippen LogP contribution in [0.1, 0.15) is 0 Å². The maximum absolute atomic E-state index is 6.54. The van der Waals surface area contributed by atoms with Gasteiger partial charge < -0.3 is 18.2 Å². The van der Waals surface area contributed by atoms with Crippen molar-refractivity contribution >= 4 is 106 Å². The molecule has 13 rings (SSSR count). The fourth-order valence-corrected chi connectivity index (χ4v) is 9.36. The summed E-state index contributed by atoms with van der Waals surface area (Å²) in [5, 5.41) is 6.70. The maximum atomic E-state index is 6.54. The van der Waals surface area contributed by atoms with Crippen molar-refractivity contribution in [3.63, 3.8) is 0 Å². The normalized spacial score (nSPS) is 13.2. The molecule has 11 aromatic rings. The lowest BCUT2D eigenvalue weighted by molar-refractivity contribution is 0.668. The summed E-state index contributed by atoms with van der Waals surface area (Å²) < 4.78 is 19.1. The fourth-order valence-electron chi connectivity index (χ4n) is 9.36. The van der Waals surface area contributed by atoms with Crippen LogP contribution in [-0.2, 0) is 0 Å². The van der Waals surface area contributed by atoms with Gasteiger partial charge in [-0.15, -0.1) is 0 Å². The third-order valence-corrected chi connectivity index (χ3v) is 11.7. The molecular weight excluding hydrogens is 649 g/mol. The van der Waals surface area contributed by atoms with Crippen LogP contribution in [0.25, 0.3) is 88.1 Å². The van der Waals surface area contributed by atoms with Gasteiger partial charge in [0.1, 0.15) is 33.5 Å². The van der Waals surface area contributed by atoms with Crippen molar-refractivity contribution < 1.29 is 13.3 Å². The summed E-state index contributed by atoms with van der Waals surface area (Å²) in [7, 11) is 0. The van der Waals surface area contributed by atoms with E-state index in [-0.39, 0.29) is 6.71 Å². The number of hydrogen-bond donors (Lipinski definition) is 0. The summed E-state index contributed by atoms with van der Waals surface area (Å²) >= 11 is 0. The number of rotatable bonds is 2. The van der Waals surface area contributed by atoms with E-state index in [2.05, 4.69) is 132 Å². The summed E-state index contributed by atoms with van der Waals surface area (Å²) in [4.78, 5) is 2.48. The number of nitrogens with zero attached hydrogens (tertiary/aromatic N) is 1. The van der Waals surface area contributed by atoms with Crippen molar-refractivity contribution in [3.8, 4) is 22.3 Å². The Morgan fingerprint density at radius 2 is 0.943 bits per heavy atom. The van der Waals surface area contributed by atoms with Crippen molar-refractivity contribution in [3.05, 3.63) is 158 Å². The van der Waals surface area contributed by atoms with Crippen molar-refractivity contribution in [2.24, 2.45) is 0 Å². The second kappa shape index (κ2) is 9.87. The molecule has 0 aliphatic carbocycles. The first-order valence-electron chi connectivity index (χ1n) is 18.1. The molecule has 53 heavy (non-hydrogen) atoms. The number of fused-ring (bicyclic) bond motifs is 14. The topological polar surface area (TPSA) is 42.7 Å². The molecule has 0 atom stereocenters. The predicted octanol–water partition coefficient (Wildman–Crippen LogP) is 11.3. The Balaban J connectivity index is 1.14. The van der Waals surface area contributed by atoms with Crippen LogP contribution in [0.5, 0.6) is 0 Å². The number of para-hydroxylation sites is 3. The van der Waals surface area contributed by atoms with E-state index >= 15 is 0 Å². The van der Waals surface area contributed by atoms with Crippen molar-refractivity contribution in [1.82, 2.24) is 0 Å². The Morgan fingerprint density at radius 1 is 0.358 bits per heavy atom. The standard InChI is InChI=1S/C48H26BNO3/c1-5-13-38-30(9-1)37-22-28(27-17-19-45-34(21-27)31-10-2-6-14-42(31)51-45)23-41-48(37)49(38)39-26-47-36(33-12-4-8-16-44(33)53-47)25-40(39)50(41)29-18-20-46-35(24-29)32-11-3-7-15-43(32)52-46/h1-26H. The smallest absolute Gasteiger partial charge is 0.248 e. The monoisotopic (exact) mass is 675 g/mol. The molecule has 0 bridgehead atoms. The molecule has 5 heteroatoms. The molecule has 5 heterocycles. The molecule has 2 aliphatic heterocycles. The molecule has 4 nitrogen and oxygen atoms in total. The van der Waals surface area contributed by atoms with E-state index in [4.69, 9.17) is 13.3 Å². The van der Waals surface area contributed by atoms with Crippen LogP contribution in [0.2, 0.25) is 0 Å². The van der Waals surface area contributed by atoms with Gasteiger partial charge in [-0.3, -0.25) is 0 Å². The largest absolute Gasteiger partial charge is 0.456 e. The highest BCUT2D eigenvalue weighted by molar-refractivity contribution is 7.01. The maximum Gasteiger partial charge on any atom is 0.248 e. The molecule has 2 aliphatic rings. The van der Waals surface area contributed by atoms with Crippen LogP contribution < -0.4 is 21.3 Å². The Bertz CT molecular complexity index is 3380. The van der Waals surface area contributed by atoms with E-state index in [1.807, 2.05) is 30.3 Å². The highest BCUT2D eigenvalue weighted by atomic mass is 16.3.